The second kappa shape index (κ2) is 10.2. The van der Waals surface area contributed by atoms with Crippen molar-refractivity contribution in [2.24, 2.45) is 10.4 Å². The van der Waals surface area contributed by atoms with Gasteiger partial charge < -0.3 is 9.84 Å². The Morgan fingerprint density at radius 2 is 1.56 bits per heavy atom. The summed E-state index contributed by atoms with van der Waals surface area (Å²) in [4.78, 5) is 16.0. The average molecular weight is 454 g/mol. The molecule has 2 atom stereocenters. The molecule has 1 heterocycles. The van der Waals surface area contributed by atoms with Gasteiger partial charge in [0, 0.05) is 6.21 Å². The third-order valence-electron chi connectivity index (χ3n) is 6.33. The minimum absolute atomic E-state index is 0.175. The first kappa shape index (κ1) is 23.7. The minimum Gasteiger partial charge on any atom is -0.478 e. The van der Waals surface area contributed by atoms with Gasteiger partial charge in [0.05, 0.1) is 17.7 Å². The van der Waals surface area contributed by atoms with Gasteiger partial charge in [0.2, 0.25) is 0 Å². The Labute approximate surface area is 201 Å². The van der Waals surface area contributed by atoms with E-state index in [2.05, 4.69) is 44.2 Å². The van der Waals surface area contributed by atoms with Crippen molar-refractivity contribution in [1.29, 1.82) is 0 Å². The number of aromatic carboxylic acids is 1. The van der Waals surface area contributed by atoms with Gasteiger partial charge in [0.15, 0.2) is 0 Å². The van der Waals surface area contributed by atoms with Crippen LogP contribution in [-0.2, 0) is 11.2 Å². The molecule has 3 aromatic carbocycles. The summed E-state index contributed by atoms with van der Waals surface area (Å²) in [6.07, 6.45) is 7.39. The molecule has 2 unspecified atom stereocenters. The number of carbonyl (C=O) groups is 1. The van der Waals surface area contributed by atoms with Crippen LogP contribution in [0.25, 0.3) is 0 Å². The summed E-state index contributed by atoms with van der Waals surface area (Å²) in [6, 6.07) is 27.8. The van der Waals surface area contributed by atoms with Crippen molar-refractivity contribution in [3.63, 3.8) is 0 Å². The number of nitrogens with zero attached hydrogens (tertiary/aromatic N) is 1. The smallest absolute Gasteiger partial charge is 0.335 e. The van der Waals surface area contributed by atoms with Gasteiger partial charge in [-0.1, -0.05) is 85.8 Å². The molecule has 0 fully saturated rings. The fourth-order valence-corrected chi connectivity index (χ4v) is 4.82. The number of hydrogen-bond donors (Lipinski definition) is 1. The molecule has 174 valence electrons. The van der Waals surface area contributed by atoms with Gasteiger partial charge in [0.1, 0.15) is 6.10 Å². The molecule has 34 heavy (non-hydrogen) atoms. The molecule has 0 amide bonds. The number of aliphatic imine (C=N–C) groups is 1. The number of carboxylic acids is 1. The SMILES string of the molecule is CC(COC(c1ccccc1)c1ccccc1)(Cc1ccc(C(=O)O)cc1)CC1(C)C=CC=N1. The van der Waals surface area contributed by atoms with E-state index < -0.39 is 5.97 Å². The number of allylic oxidation sites excluding steroid dienone is 1. The van der Waals surface area contributed by atoms with Gasteiger partial charge in [-0.25, -0.2) is 4.79 Å². The van der Waals surface area contributed by atoms with Crippen molar-refractivity contribution in [3.05, 3.63) is 119 Å². The number of rotatable bonds is 10. The van der Waals surface area contributed by atoms with Crippen LogP contribution in [-0.4, -0.2) is 29.4 Å². The van der Waals surface area contributed by atoms with E-state index in [4.69, 9.17) is 9.73 Å². The Morgan fingerprint density at radius 1 is 0.971 bits per heavy atom. The topological polar surface area (TPSA) is 58.9 Å². The number of ether oxygens (including phenoxy) is 1. The van der Waals surface area contributed by atoms with Crippen LogP contribution in [0, 0.1) is 5.41 Å². The quantitative estimate of drug-likeness (QED) is 0.380. The predicted octanol–water partition coefficient (Wildman–Crippen LogP) is 6.53. The van der Waals surface area contributed by atoms with Crippen LogP contribution in [0.3, 0.4) is 0 Å². The molecule has 0 saturated carbocycles. The third kappa shape index (κ3) is 5.89. The second-order valence-electron chi connectivity index (χ2n) is 9.67. The van der Waals surface area contributed by atoms with Crippen molar-refractivity contribution in [3.8, 4) is 0 Å². The molecule has 0 aliphatic carbocycles. The largest absolute Gasteiger partial charge is 0.478 e. The molecule has 0 spiro atoms. The maximum atomic E-state index is 11.3. The number of carboxylic acid groups (broad SMARTS) is 1. The average Bonchev–Trinajstić information content (AvgIpc) is 3.26. The molecular weight excluding hydrogens is 422 g/mol. The summed E-state index contributed by atoms with van der Waals surface area (Å²) >= 11 is 0. The van der Waals surface area contributed by atoms with Crippen molar-refractivity contribution in [2.75, 3.05) is 6.61 Å². The van der Waals surface area contributed by atoms with E-state index in [0.29, 0.717) is 12.2 Å². The highest BCUT2D eigenvalue weighted by Gasteiger charge is 2.36. The maximum absolute atomic E-state index is 11.3. The zero-order chi connectivity index (χ0) is 24.0. The molecule has 0 saturated heterocycles. The number of benzene rings is 3. The molecule has 4 rings (SSSR count). The molecule has 0 radical (unpaired) electrons. The Morgan fingerprint density at radius 3 is 2.06 bits per heavy atom. The monoisotopic (exact) mass is 453 g/mol. The van der Waals surface area contributed by atoms with Crippen LogP contribution in [0.5, 0.6) is 0 Å². The fourth-order valence-electron chi connectivity index (χ4n) is 4.82. The van der Waals surface area contributed by atoms with Crippen LogP contribution >= 0.6 is 0 Å². The molecule has 1 aliphatic heterocycles. The van der Waals surface area contributed by atoms with Crippen molar-refractivity contribution >= 4 is 12.2 Å². The first-order valence-corrected chi connectivity index (χ1v) is 11.6. The van der Waals surface area contributed by atoms with E-state index in [1.54, 1.807) is 12.1 Å². The normalized spacial score (nSPS) is 18.8. The van der Waals surface area contributed by atoms with Gasteiger partial charge in [-0.2, -0.15) is 0 Å². The Hall–Kier alpha value is -3.50. The van der Waals surface area contributed by atoms with Gasteiger partial charge in [-0.3, -0.25) is 4.99 Å². The van der Waals surface area contributed by atoms with Crippen LogP contribution in [0.15, 0.2) is 102 Å². The van der Waals surface area contributed by atoms with Crippen molar-refractivity contribution in [2.45, 2.75) is 38.3 Å². The molecule has 1 N–H and O–H groups in total. The van der Waals surface area contributed by atoms with E-state index in [1.807, 2.05) is 60.8 Å². The Kier molecular flexibility index (Phi) is 7.09. The highest BCUT2D eigenvalue weighted by molar-refractivity contribution is 5.87. The first-order chi connectivity index (χ1) is 16.4. The highest BCUT2D eigenvalue weighted by atomic mass is 16.5. The van der Waals surface area contributed by atoms with E-state index in [1.165, 1.54) is 0 Å². The van der Waals surface area contributed by atoms with Gasteiger partial charge in [-0.05, 0) is 60.1 Å². The molecule has 3 aromatic rings. The standard InChI is InChI=1S/C30H31NO3/c1-29(21-30(2)18-9-19-31-30,20-23-14-16-26(17-15-23)28(32)33)22-34-27(24-10-5-3-6-11-24)25-12-7-4-8-13-25/h3-19,27H,20-22H2,1-2H3,(H,32,33). The second-order valence-corrected chi connectivity index (χ2v) is 9.67. The highest BCUT2D eigenvalue weighted by Crippen LogP contribution is 2.38. The van der Waals surface area contributed by atoms with E-state index in [9.17, 15) is 9.90 Å². The molecule has 0 bridgehead atoms. The van der Waals surface area contributed by atoms with E-state index >= 15 is 0 Å². The van der Waals surface area contributed by atoms with Crippen molar-refractivity contribution in [1.82, 2.24) is 0 Å². The predicted molar refractivity (Wildman–Crippen MR) is 137 cm³/mol. The molecule has 4 heteroatoms. The molecule has 1 aliphatic rings. The zero-order valence-electron chi connectivity index (χ0n) is 19.7. The summed E-state index contributed by atoms with van der Waals surface area (Å²) in [5.41, 5.74) is 3.10. The van der Waals surface area contributed by atoms with E-state index in [-0.39, 0.29) is 17.1 Å². The molecule has 0 aromatic heterocycles. The van der Waals surface area contributed by atoms with Crippen molar-refractivity contribution < 1.29 is 14.6 Å². The summed E-state index contributed by atoms with van der Waals surface area (Å²) in [5, 5.41) is 9.25. The Bertz CT molecular complexity index is 1100. The van der Waals surface area contributed by atoms with Gasteiger partial charge >= 0.3 is 5.97 Å². The first-order valence-electron chi connectivity index (χ1n) is 11.6. The summed E-state index contributed by atoms with van der Waals surface area (Å²) < 4.78 is 6.70. The summed E-state index contributed by atoms with van der Waals surface area (Å²) in [7, 11) is 0. The lowest BCUT2D eigenvalue weighted by molar-refractivity contribution is 0.00528. The lowest BCUT2D eigenvalue weighted by Gasteiger charge is -2.36. The third-order valence-corrected chi connectivity index (χ3v) is 6.33. The van der Waals surface area contributed by atoms with E-state index in [0.717, 1.165) is 29.5 Å². The number of hydrogen-bond acceptors (Lipinski definition) is 3. The summed E-state index contributed by atoms with van der Waals surface area (Å²) in [5.74, 6) is -0.913. The van der Waals surface area contributed by atoms with Gasteiger partial charge in [-0.15, -0.1) is 0 Å². The van der Waals surface area contributed by atoms with Crippen LogP contribution in [0.2, 0.25) is 0 Å². The van der Waals surface area contributed by atoms with Crippen LogP contribution < -0.4 is 0 Å². The maximum Gasteiger partial charge on any atom is 0.335 e. The van der Waals surface area contributed by atoms with Crippen LogP contribution in [0.1, 0.15) is 53.4 Å². The molecular formula is C30H31NO3. The summed E-state index contributed by atoms with van der Waals surface area (Å²) in [6.45, 7) is 4.91. The lowest BCUT2D eigenvalue weighted by atomic mass is 9.74. The lowest BCUT2D eigenvalue weighted by Crippen LogP contribution is -2.35. The minimum atomic E-state index is -0.913. The fraction of sp³-hybridized carbons (Fsp3) is 0.267. The van der Waals surface area contributed by atoms with Gasteiger partial charge in [0.25, 0.3) is 0 Å². The van der Waals surface area contributed by atoms with Crippen LogP contribution in [0.4, 0.5) is 0 Å². The Balaban J connectivity index is 1.60. The zero-order valence-corrected chi connectivity index (χ0v) is 19.7. The molecule has 4 nitrogen and oxygen atoms in total.